The number of carboxylic acid groups (broad SMARTS) is 1. The van der Waals surface area contributed by atoms with Gasteiger partial charge < -0.3 is 14.6 Å². The maximum atomic E-state index is 12.7. The van der Waals surface area contributed by atoms with Gasteiger partial charge in [0.2, 0.25) is 0 Å². The molecule has 1 amide bonds. The van der Waals surface area contributed by atoms with Crippen molar-refractivity contribution >= 4 is 34.1 Å². The average Bonchev–Trinajstić information content (AvgIpc) is 3.21. The van der Waals surface area contributed by atoms with Crippen LogP contribution in [-0.4, -0.2) is 33.0 Å². The quantitative estimate of drug-likeness (QED) is 0.785. The number of amides is 1. The van der Waals surface area contributed by atoms with Crippen LogP contribution >= 0.6 is 11.3 Å². The van der Waals surface area contributed by atoms with Gasteiger partial charge >= 0.3 is 5.97 Å². The molecule has 0 bridgehead atoms. The predicted molar refractivity (Wildman–Crippen MR) is 97.1 cm³/mol. The molecule has 0 saturated carbocycles. The summed E-state index contributed by atoms with van der Waals surface area (Å²) < 4.78 is 1.89. The standard InChI is InChI=1S/C19H18N2O3S/c1-12-4-5-15-13(9-12)14-10-20(19(24)17-3-2-8-25-17)7-6-16(14)21(15)11-18(22)23/h2-5,8-9H,6-7,10-11H2,1H3,(H,22,23). The van der Waals surface area contributed by atoms with Crippen LogP contribution in [0.2, 0.25) is 0 Å². The Balaban J connectivity index is 1.79. The highest BCUT2D eigenvalue weighted by atomic mass is 32.1. The monoisotopic (exact) mass is 354 g/mol. The molecule has 1 aromatic carbocycles. The van der Waals surface area contributed by atoms with E-state index in [-0.39, 0.29) is 12.5 Å². The smallest absolute Gasteiger partial charge is 0.323 e. The summed E-state index contributed by atoms with van der Waals surface area (Å²) in [4.78, 5) is 26.6. The van der Waals surface area contributed by atoms with Crippen molar-refractivity contribution in [1.82, 2.24) is 9.47 Å². The first-order valence-corrected chi connectivity index (χ1v) is 9.07. The Kier molecular flexibility index (Phi) is 3.84. The summed E-state index contributed by atoms with van der Waals surface area (Å²) in [6.45, 7) is 3.11. The van der Waals surface area contributed by atoms with Crippen LogP contribution in [0, 0.1) is 6.92 Å². The second kappa shape index (κ2) is 6.04. The lowest BCUT2D eigenvalue weighted by Gasteiger charge is -2.28. The maximum absolute atomic E-state index is 12.7. The second-order valence-electron chi connectivity index (χ2n) is 6.38. The molecule has 0 atom stereocenters. The molecule has 1 N–H and O–H groups in total. The average molecular weight is 354 g/mol. The molecule has 3 heterocycles. The molecule has 5 nitrogen and oxygen atoms in total. The van der Waals surface area contributed by atoms with Crippen molar-refractivity contribution in [2.45, 2.75) is 26.4 Å². The third-order valence-electron chi connectivity index (χ3n) is 4.72. The predicted octanol–water partition coefficient (Wildman–Crippen LogP) is 3.29. The number of aryl methyl sites for hydroxylation is 1. The highest BCUT2D eigenvalue weighted by Gasteiger charge is 2.28. The van der Waals surface area contributed by atoms with Gasteiger partial charge in [0, 0.05) is 41.7 Å². The van der Waals surface area contributed by atoms with Crippen LogP contribution < -0.4 is 0 Å². The molecule has 4 rings (SSSR count). The molecule has 0 spiro atoms. The van der Waals surface area contributed by atoms with E-state index in [1.807, 2.05) is 46.0 Å². The van der Waals surface area contributed by atoms with Gasteiger partial charge in [0.1, 0.15) is 6.54 Å². The van der Waals surface area contributed by atoms with Crippen molar-refractivity contribution in [3.63, 3.8) is 0 Å². The van der Waals surface area contributed by atoms with Crippen molar-refractivity contribution in [3.8, 4) is 0 Å². The van der Waals surface area contributed by atoms with E-state index in [4.69, 9.17) is 0 Å². The Morgan fingerprint density at radius 1 is 1.28 bits per heavy atom. The molecular formula is C19H18N2O3S. The number of hydrogen-bond acceptors (Lipinski definition) is 3. The fourth-order valence-electron chi connectivity index (χ4n) is 3.61. The zero-order valence-electron chi connectivity index (χ0n) is 13.9. The van der Waals surface area contributed by atoms with E-state index >= 15 is 0 Å². The summed E-state index contributed by atoms with van der Waals surface area (Å²) in [5.74, 6) is -0.801. The largest absolute Gasteiger partial charge is 0.480 e. The minimum absolute atomic E-state index is 0.0479. The minimum atomic E-state index is -0.850. The summed E-state index contributed by atoms with van der Waals surface area (Å²) in [6.07, 6.45) is 0.674. The SMILES string of the molecule is Cc1ccc2c(c1)c1c(n2CC(=O)O)CCN(C(=O)c2cccs2)C1. The fourth-order valence-corrected chi connectivity index (χ4v) is 4.30. The van der Waals surface area contributed by atoms with E-state index in [2.05, 4.69) is 6.07 Å². The van der Waals surface area contributed by atoms with Gasteiger partial charge in [-0.2, -0.15) is 0 Å². The molecule has 0 fully saturated rings. The number of rotatable bonds is 3. The number of aliphatic carboxylic acids is 1. The van der Waals surface area contributed by atoms with Gasteiger partial charge in [0.25, 0.3) is 5.91 Å². The number of carboxylic acids is 1. The van der Waals surface area contributed by atoms with E-state index in [1.54, 1.807) is 0 Å². The number of benzene rings is 1. The van der Waals surface area contributed by atoms with Crippen molar-refractivity contribution in [1.29, 1.82) is 0 Å². The Labute approximate surface area is 149 Å². The molecule has 3 aromatic rings. The number of aromatic nitrogens is 1. The highest BCUT2D eigenvalue weighted by Crippen LogP contribution is 2.32. The third-order valence-corrected chi connectivity index (χ3v) is 5.58. The lowest BCUT2D eigenvalue weighted by Crippen LogP contribution is -2.36. The number of fused-ring (bicyclic) bond motifs is 3. The summed E-state index contributed by atoms with van der Waals surface area (Å²) in [5.41, 5.74) is 4.18. The van der Waals surface area contributed by atoms with Gasteiger partial charge in [-0.15, -0.1) is 11.3 Å². The molecule has 1 aliphatic rings. The second-order valence-corrected chi connectivity index (χ2v) is 7.33. The van der Waals surface area contributed by atoms with Crippen molar-refractivity contribution in [3.05, 3.63) is 57.4 Å². The van der Waals surface area contributed by atoms with Crippen LogP contribution in [0.25, 0.3) is 10.9 Å². The van der Waals surface area contributed by atoms with E-state index < -0.39 is 5.97 Å². The lowest BCUT2D eigenvalue weighted by atomic mass is 10.0. The molecule has 128 valence electrons. The van der Waals surface area contributed by atoms with Gasteiger partial charge in [-0.1, -0.05) is 17.7 Å². The normalized spacial score (nSPS) is 13.9. The molecule has 0 saturated heterocycles. The first-order valence-electron chi connectivity index (χ1n) is 8.20. The molecule has 1 aliphatic heterocycles. The first-order chi connectivity index (χ1) is 12.0. The van der Waals surface area contributed by atoms with Gasteiger partial charge in [0.05, 0.1) is 4.88 Å². The Bertz CT molecular complexity index is 972. The molecule has 0 unspecified atom stereocenters. The maximum Gasteiger partial charge on any atom is 0.323 e. The summed E-state index contributed by atoms with van der Waals surface area (Å²) in [6, 6.07) is 9.80. The van der Waals surface area contributed by atoms with Crippen molar-refractivity contribution in [2.24, 2.45) is 0 Å². The number of carbonyl (C=O) groups excluding carboxylic acids is 1. The fraction of sp³-hybridized carbons (Fsp3) is 0.263. The summed E-state index contributed by atoms with van der Waals surface area (Å²) >= 11 is 1.45. The first kappa shape index (κ1) is 15.9. The molecule has 25 heavy (non-hydrogen) atoms. The summed E-state index contributed by atoms with van der Waals surface area (Å²) in [7, 11) is 0. The van der Waals surface area contributed by atoms with Crippen LogP contribution in [0.1, 0.15) is 26.5 Å². The van der Waals surface area contributed by atoms with Gasteiger partial charge in [0.15, 0.2) is 0 Å². The van der Waals surface area contributed by atoms with Crippen LogP contribution in [0.15, 0.2) is 35.7 Å². The van der Waals surface area contributed by atoms with Crippen molar-refractivity contribution < 1.29 is 14.7 Å². The molecule has 0 radical (unpaired) electrons. The van der Waals surface area contributed by atoms with E-state index in [9.17, 15) is 14.7 Å². The molecule has 2 aromatic heterocycles. The van der Waals surface area contributed by atoms with E-state index in [1.165, 1.54) is 11.3 Å². The Morgan fingerprint density at radius 3 is 2.84 bits per heavy atom. The van der Waals surface area contributed by atoms with E-state index in [0.717, 1.165) is 32.6 Å². The van der Waals surface area contributed by atoms with Crippen LogP contribution in [0.3, 0.4) is 0 Å². The molecular weight excluding hydrogens is 336 g/mol. The third kappa shape index (κ3) is 2.72. The number of nitrogens with zero attached hydrogens (tertiary/aromatic N) is 2. The van der Waals surface area contributed by atoms with Gasteiger partial charge in [-0.25, -0.2) is 0 Å². The van der Waals surface area contributed by atoms with Crippen LogP contribution in [-0.2, 0) is 24.3 Å². The molecule has 6 heteroatoms. The van der Waals surface area contributed by atoms with Crippen molar-refractivity contribution in [2.75, 3.05) is 6.54 Å². The highest BCUT2D eigenvalue weighted by molar-refractivity contribution is 7.12. The zero-order chi connectivity index (χ0) is 17.6. The van der Waals surface area contributed by atoms with Crippen LogP contribution in [0.4, 0.5) is 0 Å². The Morgan fingerprint density at radius 2 is 2.12 bits per heavy atom. The van der Waals surface area contributed by atoms with Gasteiger partial charge in [-0.05, 0) is 30.5 Å². The molecule has 0 aliphatic carbocycles. The van der Waals surface area contributed by atoms with Gasteiger partial charge in [-0.3, -0.25) is 9.59 Å². The minimum Gasteiger partial charge on any atom is -0.480 e. The van der Waals surface area contributed by atoms with Crippen LogP contribution in [0.5, 0.6) is 0 Å². The number of hydrogen-bond donors (Lipinski definition) is 1. The Hall–Kier alpha value is -2.60. The van der Waals surface area contributed by atoms with E-state index in [0.29, 0.717) is 19.5 Å². The summed E-state index contributed by atoms with van der Waals surface area (Å²) in [5, 5.41) is 12.2. The number of thiophene rings is 1. The topological polar surface area (TPSA) is 62.5 Å². The lowest BCUT2D eigenvalue weighted by molar-refractivity contribution is -0.137. The zero-order valence-corrected chi connectivity index (χ0v) is 14.7. The number of carbonyl (C=O) groups is 2.